The summed E-state index contributed by atoms with van der Waals surface area (Å²) >= 11 is 0. The predicted molar refractivity (Wildman–Crippen MR) is 142 cm³/mol. The maximum absolute atomic E-state index is 14.2. The van der Waals surface area contributed by atoms with Crippen molar-refractivity contribution in [3.8, 4) is 0 Å². The molecule has 0 heterocycles. The first-order valence-corrected chi connectivity index (χ1v) is 13.1. The Labute approximate surface area is 233 Å². The molecule has 0 saturated heterocycles. The lowest BCUT2D eigenvalue weighted by Crippen LogP contribution is -2.75. The highest BCUT2D eigenvalue weighted by Gasteiger charge is 2.74. The minimum absolute atomic E-state index is 0.117. The van der Waals surface area contributed by atoms with E-state index in [2.05, 4.69) is 6.58 Å². The van der Waals surface area contributed by atoms with E-state index in [0.29, 0.717) is 0 Å². The standard InChI is InChI=1S/C30H38O10/c1-8-28(5)15-19(40-24(34)18-12-10-9-11-13-18)23-29(6,16-22(32)33)20(27(3,4)26(36)38-7)14-21(39-17(2)31)30(23,37)25(28)35/h8-13,19-21,23,37H,1,14-16H2,2-7H3,(H,32,33)/t19-,20+,21-,23-,28+,29+,30+/m1/s1. The monoisotopic (exact) mass is 558 g/mol. The second-order valence-corrected chi connectivity index (χ2v) is 11.9. The second-order valence-electron chi connectivity index (χ2n) is 11.9. The number of benzene rings is 1. The van der Waals surface area contributed by atoms with E-state index in [-0.39, 0.29) is 18.4 Å². The van der Waals surface area contributed by atoms with Crippen molar-refractivity contribution in [1.82, 2.24) is 0 Å². The van der Waals surface area contributed by atoms with Crippen LogP contribution in [0.1, 0.15) is 64.2 Å². The number of esters is 3. The number of hydrogen-bond acceptors (Lipinski definition) is 9. The molecule has 7 atom stereocenters. The van der Waals surface area contributed by atoms with E-state index in [1.807, 2.05) is 0 Å². The van der Waals surface area contributed by atoms with E-state index in [0.717, 1.165) is 6.92 Å². The van der Waals surface area contributed by atoms with Gasteiger partial charge in [0.05, 0.1) is 29.9 Å². The van der Waals surface area contributed by atoms with E-state index >= 15 is 0 Å². The first-order valence-electron chi connectivity index (χ1n) is 13.1. The van der Waals surface area contributed by atoms with Crippen LogP contribution < -0.4 is 0 Å². The van der Waals surface area contributed by atoms with E-state index in [4.69, 9.17) is 14.2 Å². The summed E-state index contributed by atoms with van der Waals surface area (Å²) in [7, 11) is 1.20. The zero-order valence-electron chi connectivity index (χ0n) is 23.8. The van der Waals surface area contributed by atoms with E-state index < -0.39 is 82.0 Å². The maximum Gasteiger partial charge on any atom is 0.338 e. The Kier molecular flexibility index (Phi) is 8.37. The largest absolute Gasteiger partial charge is 0.481 e. The fourth-order valence-electron chi connectivity index (χ4n) is 7.15. The molecule has 2 N–H and O–H groups in total. The summed E-state index contributed by atoms with van der Waals surface area (Å²) in [5, 5.41) is 22.5. The van der Waals surface area contributed by atoms with Crippen LogP contribution in [0.2, 0.25) is 0 Å². The number of aliphatic hydroxyl groups is 1. The molecule has 1 aromatic carbocycles. The molecule has 218 valence electrons. The smallest absolute Gasteiger partial charge is 0.338 e. The highest BCUT2D eigenvalue weighted by Crippen LogP contribution is 2.63. The number of carbonyl (C=O) groups is 5. The van der Waals surface area contributed by atoms with Gasteiger partial charge in [0.2, 0.25) is 0 Å². The van der Waals surface area contributed by atoms with Gasteiger partial charge in [-0.25, -0.2) is 4.79 Å². The lowest BCUT2D eigenvalue weighted by molar-refractivity contribution is -0.257. The van der Waals surface area contributed by atoms with Crippen LogP contribution in [0.15, 0.2) is 43.0 Å². The maximum atomic E-state index is 14.2. The van der Waals surface area contributed by atoms with Crippen LogP contribution in [-0.4, -0.2) is 64.8 Å². The number of aliphatic carboxylic acids is 1. The quantitative estimate of drug-likeness (QED) is 0.276. The fraction of sp³-hybridized carbons (Fsp3) is 0.567. The molecule has 2 aliphatic carbocycles. The molecule has 3 rings (SSSR count). The Bertz CT molecular complexity index is 1210. The average Bonchev–Trinajstić information content (AvgIpc) is 2.88. The third-order valence-corrected chi connectivity index (χ3v) is 8.94. The second kappa shape index (κ2) is 10.8. The molecular formula is C30H38O10. The number of methoxy groups -OCH3 is 1. The van der Waals surface area contributed by atoms with Gasteiger partial charge in [-0.1, -0.05) is 31.2 Å². The predicted octanol–water partition coefficient (Wildman–Crippen LogP) is 3.36. The van der Waals surface area contributed by atoms with Gasteiger partial charge in [-0.15, -0.1) is 6.58 Å². The first-order chi connectivity index (χ1) is 18.5. The van der Waals surface area contributed by atoms with Gasteiger partial charge in [0.1, 0.15) is 12.2 Å². The van der Waals surface area contributed by atoms with Gasteiger partial charge in [0.25, 0.3) is 0 Å². The molecule has 40 heavy (non-hydrogen) atoms. The van der Waals surface area contributed by atoms with Gasteiger partial charge < -0.3 is 24.4 Å². The SMILES string of the molecule is C=C[C@@]1(C)C[C@@H](OC(=O)c2ccccc2)[C@@H]2[C@@](C)(CC(=O)O)[C@H](C(C)(C)C(=O)OC)C[C@@H](OC(C)=O)[C@@]2(O)C1=O. The van der Waals surface area contributed by atoms with Crippen molar-refractivity contribution >= 4 is 29.7 Å². The van der Waals surface area contributed by atoms with Crippen LogP contribution in [0, 0.1) is 28.1 Å². The number of rotatable bonds is 8. The Balaban J connectivity index is 2.33. The Hall–Kier alpha value is -3.53. The van der Waals surface area contributed by atoms with Crippen molar-refractivity contribution in [2.75, 3.05) is 7.11 Å². The van der Waals surface area contributed by atoms with Crippen molar-refractivity contribution in [3.05, 3.63) is 48.6 Å². The highest BCUT2D eigenvalue weighted by molar-refractivity contribution is 5.97. The number of hydrogen-bond donors (Lipinski definition) is 2. The number of carboxylic acids is 1. The Morgan fingerprint density at radius 2 is 1.73 bits per heavy atom. The van der Waals surface area contributed by atoms with Crippen molar-refractivity contribution in [3.63, 3.8) is 0 Å². The van der Waals surface area contributed by atoms with Gasteiger partial charge in [0.15, 0.2) is 11.4 Å². The minimum atomic E-state index is -2.47. The van der Waals surface area contributed by atoms with E-state index in [9.17, 15) is 34.2 Å². The van der Waals surface area contributed by atoms with Crippen molar-refractivity contribution in [2.24, 2.45) is 28.1 Å². The van der Waals surface area contributed by atoms with Crippen LogP contribution in [0.4, 0.5) is 0 Å². The van der Waals surface area contributed by atoms with Crippen molar-refractivity contribution in [1.29, 1.82) is 0 Å². The zero-order valence-corrected chi connectivity index (χ0v) is 23.8. The molecule has 0 amide bonds. The molecule has 10 nitrogen and oxygen atoms in total. The molecule has 2 fully saturated rings. The van der Waals surface area contributed by atoms with Crippen LogP contribution in [-0.2, 0) is 33.4 Å². The molecule has 0 radical (unpaired) electrons. The number of carboxylic acid groups (broad SMARTS) is 1. The molecule has 1 aromatic rings. The fourth-order valence-corrected chi connectivity index (χ4v) is 7.15. The summed E-state index contributed by atoms with van der Waals surface area (Å²) < 4.78 is 16.6. The van der Waals surface area contributed by atoms with Gasteiger partial charge in [-0.2, -0.15) is 0 Å². The number of allylic oxidation sites excluding steroid dienone is 1. The number of carbonyl (C=O) groups excluding carboxylic acids is 4. The Morgan fingerprint density at radius 3 is 2.23 bits per heavy atom. The molecule has 2 saturated carbocycles. The third kappa shape index (κ3) is 5.05. The number of Topliss-reactive ketones (excluding diaryl/α,β-unsaturated/α-hetero) is 1. The van der Waals surface area contributed by atoms with Crippen molar-refractivity contribution < 1.29 is 48.4 Å². The molecule has 0 aromatic heterocycles. The van der Waals surface area contributed by atoms with Gasteiger partial charge in [-0.05, 0) is 50.7 Å². The number of fused-ring (bicyclic) bond motifs is 1. The van der Waals surface area contributed by atoms with Crippen LogP contribution >= 0.6 is 0 Å². The number of ether oxygens (including phenoxy) is 3. The lowest BCUT2D eigenvalue weighted by atomic mass is 9.42. The summed E-state index contributed by atoms with van der Waals surface area (Å²) in [6, 6.07) is 8.09. The minimum Gasteiger partial charge on any atom is -0.481 e. The molecule has 0 bridgehead atoms. The summed E-state index contributed by atoms with van der Waals surface area (Å²) in [4.78, 5) is 65.1. The van der Waals surface area contributed by atoms with Crippen LogP contribution in [0.5, 0.6) is 0 Å². The topological polar surface area (TPSA) is 154 Å². The molecular weight excluding hydrogens is 520 g/mol. The van der Waals surface area contributed by atoms with Gasteiger partial charge >= 0.3 is 23.9 Å². The van der Waals surface area contributed by atoms with Crippen LogP contribution in [0.25, 0.3) is 0 Å². The highest BCUT2D eigenvalue weighted by atomic mass is 16.6. The summed E-state index contributed by atoms with van der Waals surface area (Å²) in [5.41, 5.74) is -6.55. The number of ketones is 1. The summed E-state index contributed by atoms with van der Waals surface area (Å²) in [5.74, 6) is -6.44. The normalized spacial score (nSPS) is 33.7. The molecule has 10 heteroatoms. The first kappa shape index (κ1) is 31.0. The third-order valence-electron chi connectivity index (χ3n) is 8.94. The van der Waals surface area contributed by atoms with E-state index in [1.165, 1.54) is 32.2 Å². The van der Waals surface area contributed by atoms with Gasteiger partial charge in [-0.3, -0.25) is 19.2 Å². The molecule has 2 aliphatic rings. The van der Waals surface area contributed by atoms with Crippen LogP contribution in [0.3, 0.4) is 0 Å². The molecule has 0 unspecified atom stereocenters. The Morgan fingerprint density at radius 1 is 1.12 bits per heavy atom. The average molecular weight is 559 g/mol. The zero-order chi connectivity index (χ0) is 30.3. The summed E-state index contributed by atoms with van der Waals surface area (Å²) in [6.07, 6.45) is -2.29. The van der Waals surface area contributed by atoms with Crippen molar-refractivity contribution in [2.45, 2.75) is 71.7 Å². The summed E-state index contributed by atoms with van der Waals surface area (Å²) in [6.45, 7) is 11.1. The molecule has 0 aliphatic heterocycles. The lowest BCUT2D eigenvalue weighted by Gasteiger charge is -2.63. The van der Waals surface area contributed by atoms with E-state index in [1.54, 1.807) is 39.0 Å². The van der Waals surface area contributed by atoms with Gasteiger partial charge in [0, 0.05) is 19.3 Å². The molecule has 0 spiro atoms.